The largest absolute Gasteiger partial charge is 0.509 e. The Bertz CT molecular complexity index is 1200. The number of allylic oxidation sites excluding steroid dienone is 4. The van der Waals surface area contributed by atoms with E-state index >= 15 is 8.78 Å². The summed E-state index contributed by atoms with van der Waals surface area (Å²) in [4.78, 5) is 38.9. The van der Waals surface area contributed by atoms with Gasteiger partial charge in [-0.2, -0.15) is 0 Å². The van der Waals surface area contributed by atoms with Crippen molar-refractivity contribution >= 4 is 17.9 Å². The van der Waals surface area contributed by atoms with Crippen LogP contribution < -0.4 is 0 Å². The molecule has 0 aromatic rings. The molecule has 4 fully saturated rings. The quantitative estimate of drug-likeness (QED) is 0.452. The fraction of sp³-hybridized carbons (Fsp3) is 0.767. The number of rotatable bonds is 4. The molecule has 0 spiro atoms. The van der Waals surface area contributed by atoms with Gasteiger partial charge in [-0.25, -0.2) is 22.8 Å². The van der Waals surface area contributed by atoms with E-state index < -0.39 is 70.8 Å². The molecule has 40 heavy (non-hydrogen) atoms. The highest BCUT2D eigenvalue weighted by Crippen LogP contribution is 2.71. The zero-order valence-corrected chi connectivity index (χ0v) is 23.1. The van der Waals surface area contributed by atoms with E-state index in [2.05, 4.69) is 0 Å². The number of hydrogen-bond donors (Lipinski definition) is 1. The first-order valence-corrected chi connectivity index (χ1v) is 14.4. The molecule has 0 aliphatic heterocycles. The summed E-state index contributed by atoms with van der Waals surface area (Å²) in [6.07, 6.45) is 2.32. The molecule has 11 atom stereocenters. The van der Waals surface area contributed by atoms with E-state index in [9.17, 15) is 23.9 Å². The second-order valence-corrected chi connectivity index (χ2v) is 13.5. The lowest BCUT2D eigenvalue weighted by Gasteiger charge is -2.62. The van der Waals surface area contributed by atoms with Crippen molar-refractivity contribution in [1.82, 2.24) is 0 Å². The molecule has 0 heterocycles. The Balaban J connectivity index is 1.39. The van der Waals surface area contributed by atoms with Crippen LogP contribution in [0.4, 0.5) is 18.0 Å². The minimum Gasteiger partial charge on any atom is -0.431 e. The highest BCUT2D eigenvalue weighted by molar-refractivity contribution is 5.93. The summed E-state index contributed by atoms with van der Waals surface area (Å²) in [5.74, 6) is -3.99. The standard InChI is InChI=1S/C30H37F3O7/c1-15-8-19-20-12-22(32)21-11-18(34)6-7-27(21,2)29(20,33)24(35)13-28(19,3)30(15,25(36)38-14-31)40-26(37)39-23-10-16-4-5-17(23)9-16/h6-7,15-17,19-20,23-24,35H,4-5,8-14H2,1-3H3/t15-,16+,17-,19+,20+,23+,24+,27+,28+,29+,30+/m1/s1. The van der Waals surface area contributed by atoms with Crippen molar-refractivity contribution in [2.24, 2.45) is 40.4 Å². The van der Waals surface area contributed by atoms with E-state index in [-0.39, 0.29) is 49.1 Å². The van der Waals surface area contributed by atoms with Crippen molar-refractivity contribution in [1.29, 1.82) is 0 Å². The molecular formula is C30H37F3O7. The van der Waals surface area contributed by atoms with E-state index in [1.165, 1.54) is 19.1 Å². The number of halogens is 3. The molecule has 0 saturated heterocycles. The Morgan fingerprint density at radius 1 is 1.15 bits per heavy atom. The van der Waals surface area contributed by atoms with Crippen LogP contribution in [0.15, 0.2) is 23.6 Å². The van der Waals surface area contributed by atoms with Gasteiger partial charge in [-0.05, 0) is 74.9 Å². The predicted molar refractivity (Wildman–Crippen MR) is 135 cm³/mol. The fourth-order valence-corrected chi connectivity index (χ4v) is 9.96. The lowest BCUT2D eigenvalue weighted by molar-refractivity contribution is -0.231. The number of aliphatic hydroxyl groups excluding tert-OH is 1. The van der Waals surface area contributed by atoms with Gasteiger partial charge in [0.25, 0.3) is 0 Å². The van der Waals surface area contributed by atoms with Gasteiger partial charge < -0.3 is 19.3 Å². The third kappa shape index (κ3) is 3.43. The summed E-state index contributed by atoms with van der Waals surface area (Å²) in [5, 5.41) is 11.6. The van der Waals surface area contributed by atoms with Gasteiger partial charge in [0.1, 0.15) is 11.9 Å². The van der Waals surface area contributed by atoms with Gasteiger partial charge in [0.05, 0.1) is 6.10 Å². The van der Waals surface area contributed by atoms with Crippen molar-refractivity contribution in [3.05, 3.63) is 23.6 Å². The number of aliphatic hydroxyl groups is 1. The maximum absolute atomic E-state index is 17.5. The summed E-state index contributed by atoms with van der Waals surface area (Å²) in [6, 6.07) is 0. The second kappa shape index (κ2) is 9.07. The molecule has 2 bridgehead atoms. The van der Waals surface area contributed by atoms with Crippen LogP contribution in [0.5, 0.6) is 0 Å². The van der Waals surface area contributed by atoms with Crippen LogP contribution in [-0.2, 0) is 23.8 Å². The minimum absolute atomic E-state index is 0.0289. The fourth-order valence-electron chi connectivity index (χ4n) is 9.96. The highest BCUT2D eigenvalue weighted by atomic mass is 19.1. The van der Waals surface area contributed by atoms with Gasteiger partial charge in [-0.3, -0.25) is 4.79 Å². The normalized spacial score (nSPS) is 48.9. The number of ether oxygens (including phenoxy) is 3. The molecule has 7 nitrogen and oxygen atoms in total. The molecule has 0 aromatic carbocycles. The monoisotopic (exact) mass is 566 g/mol. The first-order valence-electron chi connectivity index (χ1n) is 14.4. The van der Waals surface area contributed by atoms with Crippen LogP contribution in [0.25, 0.3) is 0 Å². The van der Waals surface area contributed by atoms with Crippen molar-refractivity contribution < 1.29 is 46.9 Å². The Morgan fingerprint density at radius 3 is 2.55 bits per heavy atom. The maximum Gasteiger partial charge on any atom is 0.509 e. The SMILES string of the molecule is C[C@@H]1C[C@H]2[C@@H]3CC(F)=C4CC(=O)C=C[C@]4(C)[C@@]3(F)[C@@H](O)C[C@]2(C)[C@@]1(OC(=O)O[C@H]1C[C@H]2CC[C@@H]1C2)C(=O)OCF. The Morgan fingerprint density at radius 2 is 1.90 bits per heavy atom. The molecule has 220 valence electrons. The molecule has 6 aliphatic carbocycles. The van der Waals surface area contributed by atoms with E-state index in [0.717, 1.165) is 19.3 Å². The van der Waals surface area contributed by atoms with E-state index in [1.54, 1.807) is 13.8 Å². The molecule has 0 unspecified atom stereocenters. The molecule has 1 N–H and O–H groups in total. The van der Waals surface area contributed by atoms with Gasteiger partial charge >= 0.3 is 12.1 Å². The molecule has 6 rings (SSSR count). The summed E-state index contributed by atoms with van der Waals surface area (Å²) in [6.45, 7) is 3.28. The summed E-state index contributed by atoms with van der Waals surface area (Å²) >= 11 is 0. The zero-order chi connectivity index (χ0) is 28.8. The molecular weight excluding hydrogens is 529 g/mol. The first kappa shape index (κ1) is 27.8. The molecule has 0 radical (unpaired) electrons. The number of carbonyl (C=O) groups is 3. The topological polar surface area (TPSA) is 99.1 Å². The number of fused-ring (bicyclic) bond motifs is 7. The van der Waals surface area contributed by atoms with Crippen molar-refractivity contribution in [2.45, 2.75) is 95.6 Å². The summed E-state index contributed by atoms with van der Waals surface area (Å²) in [5.41, 5.74) is -7.41. The molecule has 4 saturated carbocycles. The van der Waals surface area contributed by atoms with Crippen LogP contribution in [0.3, 0.4) is 0 Å². The average molecular weight is 567 g/mol. The Hall–Kier alpha value is -2.36. The van der Waals surface area contributed by atoms with Crippen molar-refractivity contribution in [2.75, 3.05) is 6.86 Å². The van der Waals surface area contributed by atoms with E-state index in [4.69, 9.17) is 14.2 Å². The number of alkyl halides is 2. The molecule has 6 aliphatic rings. The predicted octanol–water partition coefficient (Wildman–Crippen LogP) is 5.45. The number of hydrogen-bond acceptors (Lipinski definition) is 7. The van der Waals surface area contributed by atoms with Crippen LogP contribution in [0.1, 0.15) is 72.1 Å². The lowest BCUT2D eigenvalue weighted by Crippen LogP contribution is -2.70. The van der Waals surface area contributed by atoms with E-state index in [0.29, 0.717) is 12.3 Å². The van der Waals surface area contributed by atoms with Crippen LogP contribution >= 0.6 is 0 Å². The average Bonchev–Trinajstić information content (AvgIpc) is 3.56. The third-order valence-corrected chi connectivity index (χ3v) is 11.9. The molecule has 0 aromatic heterocycles. The van der Waals surface area contributed by atoms with Gasteiger partial charge in [-0.15, -0.1) is 0 Å². The Kier molecular flexibility index (Phi) is 6.30. The van der Waals surface area contributed by atoms with Crippen LogP contribution in [0, 0.1) is 40.4 Å². The van der Waals surface area contributed by atoms with Crippen LogP contribution in [-0.4, -0.2) is 53.4 Å². The second-order valence-electron chi connectivity index (χ2n) is 13.5. The van der Waals surface area contributed by atoms with Crippen molar-refractivity contribution in [3.63, 3.8) is 0 Å². The lowest BCUT2D eigenvalue weighted by atomic mass is 9.45. The first-order chi connectivity index (χ1) is 18.8. The molecule has 0 amide bonds. The minimum atomic E-state index is -2.36. The highest BCUT2D eigenvalue weighted by Gasteiger charge is 2.78. The summed E-state index contributed by atoms with van der Waals surface area (Å²) in [7, 11) is 0. The Labute approximate surface area is 231 Å². The summed E-state index contributed by atoms with van der Waals surface area (Å²) < 4.78 is 63.0. The molecule has 10 heteroatoms. The van der Waals surface area contributed by atoms with Crippen molar-refractivity contribution in [3.8, 4) is 0 Å². The van der Waals surface area contributed by atoms with E-state index in [1.807, 2.05) is 0 Å². The van der Waals surface area contributed by atoms with Gasteiger partial charge in [0, 0.05) is 35.5 Å². The van der Waals surface area contributed by atoms with Gasteiger partial charge in [-0.1, -0.05) is 19.9 Å². The number of carbonyl (C=O) groups excluding carboxylic acids is 3. The number of esters is 1. The zero-order valence-electron chi connectivity index (χ0n) is 23.1. The smallest absolute Gasteiger partial charge is 0.431 e. The van der Waals surface area contributed by atoms with Gasteiger partial charge in [0.15, 0.2) is 11.5 Å². The maximum atomic E-state index is 17.5. The van der Waals surface area contributed by atoms with Crippen LogP contribution in [0.2, 0.25) is 0 Å². The van der Waals surface area contributed by atoms with Gasteiger partial charge in [0.2, 0.25) is 12.5 Å². The third-order valence-electron chi connectivity index (χ3n) is 11.9. The number of ketones is 1.